The van der Waals surface area contributed by atoms with Crippen LogP contribution in [0.4, 0.5) is 10.5 Å². The fourth-order valence-corrected chi connectivity index (χ4v) is 2.29. The summed E-state index contributed by atoms with van der Waals surface area (Å²) < 4.78 is 2.85. The van der Waals surface area contributed by atoms with Gasteiger partial charge in [-0.3, -0.25) is 4.68 Å². The van der Waals surface area contributed by atoms with E-state index in [-0.39, 0.29) is 6.03 Å². The molecule has 106 valence electrons. The van der Waals surface area contributed by atoms with Gasteiger partial charge in [-0.05, 0) is 43.2 Å². The Morgan fingerprint density at radius 2 is 2.30 bits per heavy atom. The number of urea groups is 1. The molecular weight excluding hydrogens is 320 g/mol. The molecule has 2 rings (SSSR count). The summed E-state index contributed by atoms with van der Waals surface area (Å²) >= 11 is 3.40. The molecule has 0 aliphatic carbocycles. The number of aryl methyl sites for hydroxylation is 2. The molecule has 1 aromatic heterocycles. The van der Waals surface area contributed by atoms with Crippen LogP contribution in [0.25, 0.3) is 0 Å². The molecule has 1 aromatic carbocycles. The first kappa shape index (κ1) is 14.6. The summed E-state index contributed by atoms with van der Waals surface area (Å²) in [5.41, 5.74) is 1.84. The lowest BCUT2D eigenvalue weighted by Gasteiger charge is -2.10. The second-order valence-corrected chi connectivity index (χ2v) is 5.38. The Morgan fingerprint density at radius 3 is 3.00 bits per heavy atom. The maximum atomic E-state index is 11.8. The molecule has 0 aliphatic rings. The van der Waals surface area contributed by atoms with Gasteiger partial charge in [-0.25, -0.2) is 4.79 Å². The van der Waals surface area contributed by atoms with Crippen LogP contribution in [0.2, 0.25) is 0 Å². The van der Waals surface area contributed by atoms with E-state index in [0.717, 1.165) is 28.7 Å². The SMILES string of the molecule is Cc1cc(Br)ccc1NC(=O)NCCCn1cccn1. The first-order chi connectivity index (χ1) is 9.65. The molecule has 0 spiro atoms. The van der Waals surface area contributed by atoms with Gasteiger partial charge in [-0.2, -0.15) is 5.10 Å². The Morgan fingerprint density at radius 1 is 1.45 bits per heavy atom. The van der Waals surface area contributed by atoms with E-state index in [1.54, 1.807) is 6.20 Å². The molecule has 2 N–H and O–H groups in total. The molecular formula is C14H17BrN4O. The molecule has 5 nitrogen and oxygen atoms in total. The van der Waals surface area contributed by atoms with E-state index in [4.69, 9.17) is 0 Å². The fourth-order valence-electron chi connectivity index (χ4n) is 1.81. The Kier molecular flexibility index (Phi) is 5.17. The number of aromatic nitrogens is 2. The highest BCUT2D eigenvalue weighted by atomic mass is 79.9. The van der Waals surface area contributed by atoms with Gasteiger partial charge in [0.2, 0.25) is 0 Å². The van der Waals surface area contributed by atoms with Crippen molar-refractivity contribution in [1.82, 2.24) is 15.1 Å². The molecule has 0 radical (unpaired) electrons. The van der Waals surface area contributed by atoms with Crippen LogP contribution in [-0.2, 0) is 6.54 Å². The summed E-state index contributed by atoms with van der Waals surface area (Å²) in [6, 6.07) is 7.45. The van der Waals surface area contributed by atoms with Crippen LogP contribution in [0, 0.1) is 6.92 Å². The standard InChI is InChI=1S/C14H17BrN4O/c1-11-10-12(15)4-5-13(11)18-14(20)16-6-2-8-19-9-3-7-17-19/h3-5,7,9-10H,2,6,8H2,1H3,(H2,16,18,20). The van der Waals surface area contributed by atoms with Crippen molar-refractivity contribution in [3.63, 3.8) is 0 Å². The fraction of sp³-hybridized carbons (Fsp3) is 0.286. The molecule has 20 heavy (non-hydrogen) atoms. The number of hydrogen-bond donors (Lipinski definition) is 2. The van der Waals surface area contributed by atoms with Crippen molar-refractivity contribution in [2.75, 3.05) is 11.9 Å². The van der Waals surface area contributed by atoms with Gasteiger partial charge in [-0.15, -0.1) is 0 Å². The van der Waals surface area contributed by atoms with Crippen LogP contribution in [0.5, 0.6) is 0 Å². The van der Waals surface area contributed by atoms with Crippen molar-refractivity contribution in [3.05, 3.63) is 46.7 Å². The number of nitrogens with zero attached hydrogens (tertiary/aromatic N) is 2. The number of carbonyl (C=O) groups excluding carboxylic acids is 1. The molecule has 0 unspecified atom stereocenters. The van der Waals surface area contributed by atoms with E-state index in [2.05, 4.69) is 31.7 Å². The molecule has 2 amide bonds. The maximum Gasteiger partial charge on any atom is 0.319 e. The van der Waals surface area contributed by atoms with Gasteiger partial charge in [0, 0.05) is 35.6 Å². The van der Waals surface area contributed by atoms with E-state index in [0.29, 0.717) is 6.54 Å². The lowest BCUT2D eigenvalue weighted by molar-refractivity contribution is 0.251. The van der Waals surface area contributed by atoms with Gasteiger partial charge < -0.3 is 10.6 Å². The van der Waals surface area contributed by atoms with Crippen molar-refractivity contribution >= 4 is 27.6 Å². The van der Waals surface area contributed by atoms with Crippen molar-refractivity contribution < 1.29 is 4.79 Å². The normalized spacial score (nSPS) is 10.3. The molecule has 0 fully saturated rings. The second kappa shape index (κ2) is 7.09. The summed E-state index contributed by atoms with van der Waals surface area (Å²) in [4.78, 5) is 11.8. The number of amides is 2. The Hall–Kier alpha value is -1.82. The molecule has 0 aliphatic heterocycles. The first-order valence-electron chi connectivity index (χ1n) is 6.43. The largest absolute Gasteiger partial charge is 0.338 e. The number of rotatable bonds is 5. The molecule has 0 bridgehead atoms. The van der Waals surface area contributed by atoms with E-state index < -0.39 is 0 Å². The summed E-state index contributed by atoms with van der Waals surface area (Å²) in [5.74, 6) is 0. The zero-order chi connectivity index (χ0) is 14.4. The Balaban J connectivity index is 1.72. The van der Waals surface area contributed by atoms with Gasteiger partial charge in [0.25, 0.3) is 0 Å². The average molecular weight is 337 g/mol. The minimum atomic E-state index is -0.184. The van der Waals surface area contributed by atoms with Crippen molar-refractivity contribution in [2.24, 2.45) is 0 Å². The van der Waals surface area contributed by atoms with E-state index in [1.807, 2.05) is 42.1 Å². The minimum absolute atomic E-state index is 0.184. The molecule has 1 heterocycles. The smallest absolute Gasteiger partial charge is 0.319 e. The monoisotopic (exact) mass is 336 g/mol. The topological polar surface area (TPSA) is 59.0 Å². The number of anilines is 1. The zero-order valence-electron chi connectivity index (χ0n) is 11.3. The van der Waals surface area contributed by atoms with Crippen LogP contribution in [-0.4, -0.2) is 22.4 Å². The predicted octanol–water partition coefficient (Wildman–Crippen LogP) is 3.17. The van der Waals surface area contributed by atoms with Crippen molar-refractivity contribution in [3.8, 4) is 0 Å². The lowest BCUT2D eigenvalue weighted by atomic mass is 10.2. The highest BCUT2D eigenvalue weighted by Gasteiger charge is 2.04. The third-order valence-corrected chi connectivity index (χ3v) is 3.34. The minimum Gasteiger partial charge on any atom is -0.338 e. The Bertz CT molecular complexity index is 569. The molecule has 0 saturated carbocycles. The van der Waals surface area contributed by atoms with Crippen LogP contribution in [0.3, 0.4) is 0 Å². The number of carbonyl (C=O) groups is 1. The number of nitrogens with one attached hydrogen (secondary N) is 2. The quantitative estimate of drug-likeness (QED) is 0.824. The molecule has 0 saturated heterocycles. The predicted molar refractivity (Wildman–Crippen MR) is 82.7 cm³/mol. The maximum absolute atomic E-state index is 11.8. The third-order valence-electron chi connectivity index (χ3n) is 2.85. The first-order valence-corrected chi connectivity index (χ1v) is 7.23. The highest BCUT2D eigenvalue weighted by molar-refractivity contribution is 9.10. The number of benzene rings is 1. The average Bonchev–Trinajstić information content (AvgIpc) is 2.91. The van der Waals surface area contributed by atoms with E-state index in [9.17, 15) is 4.79 Å². The number of halogens is 1. The highest BCUT2D eigenvalue weighted by Crippen LogP contribution is 2.19. The molecule has 0 atom stereocenters. The van der Waals surface area contributed by atoms with Crippen LogP contribution in [0.1, 0.15) is 12.0 Å². The third kappa shape index (κ3) is 4.38. The van der Waals surface area contributed by atoms with Gasteiger partial charge in [0.1, 0.15) is 0 Å². The second-order valence-electron chi connectivity index (χ2n) is 4.46. The van der Waals surface area contributed by atoms with Crippen LogP contribution < -0.4 is 10.6 Å². The summed E-state index contributed by atoms with van der Waals surface area (Å²) in [7, 11) is 0. The Labute approximate surface area is 126 Å². The lowest BCUT2D eigenvalue weighted by Crippen LogP contribution is -2.30. The van der Waals surface area contributed by atoms with E-state index >= 15 is 0 Å². The van der Waals surface area contributed by atoms with Crippen molar-refractivity contribution in [2.45, 2.75) is 19.9 Å². The zero-order valence-corrected chi connectivity index (χ0v) is 12.9. The van der Waals surface area contributed by atoms with E-state index in [1.165, 1.54) is 0 Å². The van der Waals surface area contributed by atoms with Gasteiger partial charge >= 0.3 is 6.03 Å². The van der Waals surface area contributed by atoms with Crippen molar-refractivity contribution in [1.29, 1.82) is 0 Å². The molecule has 6 heteroatoms. The van der Waals surface area contributed by atoms with Gasteiger partial charge in [-0.1, -0.05) is 15.9 Å². The molecule has 2 aromatic rings. The van der Waals surface area contributed by atoms with Gasteiger partial charge in [0.05, 0.1) is 0 Å². The summed E-state index contributed by atoms with van der Waals surface area (Å²) in [6.45, 7) is 3.37. The number of hydrogen-bond acceptors (Lipinski definition) is 2. The van der Waals surface area contributed by atoms with Crippen LogP contribution >= 0.6 is 15.9 Å². The van der Waals surface area contributed by atoms with Gasteiger partial charge in [0.15, 0.2) is 0 Å². The summed E-state index contributed by atoms with van der Waals surface area (Å²) in [5, 5.41) is 9.77. The summed E-state index contributed by atoms with van der Waals surface area (Å²) in [6.07, 6.45) is 4.50. The van der Waals surface area contributed by atoms with Crippen LogP contribution in [0.15, 0.2) is 41.1 Å².